The second-order valence-electron chi connectivity index (χ2n) is 7.65. The predicted octanol–water partition coefficient (Wildman–Crippen LogP) is 4.09. The van der Waals surface area contributed by atoms with Crippen LogP contribution in [0.2, 0.25) is 0 Å². The number of para-hydroxylation sites is 1. The Morgan fingerprint density at radius 2 is 1.82 bits per heavy atom. The lowest BCUT2D eigenvalue weighted by Crippen LogP contribution is -2.43. The zero-order valence-corrected chi connectivity index (χ0v) is 18.2. The molecule has 2 N–H and O–H groups in total. The summed E-state index contributed by atoms with van der Waals surface area (Å²) in [6, 6.07) is 16.9. The van der Waals surface area contributed by atoms with Crippen LogP contribution < -0.4 is 5.32 Å². The minimum absolute atomic E-state index is 0.0822. The first kappa shape index (κ1) is 22.1. The molecule has 1 atom stereocenters. The molecule has 0 saturated carbocycles. The summed E-state index contributed by atoms with van der Waals surface area (Å²) >= 11 is 0. The molecule has 7 nitrogen and oxygen atoms in total. The topological polar surface area (TPSA) is 101 Å². The van der Waals surface area contributed by atoms with E-state index in [9.17, 15) is 14.4 Å². The van der Waals surface area contributed by atoms with E-state index < -0.39 is 24.5 Å². The van der Waals surface area contributed by atoms with Crippen LogP contribution in [-0.2, 0) is 22.4 Å². The number of H-pyrrole nitrogens is 1. The molecule has 0 aliphatic carbocycles. The number of rotatable bonds is 9. The standard InChI is InChI=1S/C26H24N2O5/c1-2-17-9-11-18(12-10-17)23(29)16-33-26(31)22(28-25(30)24-8-5-13-32-24)14-19-15-27-21-7-4-3-6-20(19)21/h3-13,15,22,27H,2,14,16H2,1H3,(H,28,30)/t22-/m0/s1. The summed E-state index contributed by atoms with van der Waals surface area (Å²) in [4.78, 5) is 41.1. The third-order valence-corrected chi connectivity index (χ3v) is 5.46. The van der Waals surface area contributed by atoms with Gasteiger partial charge < -0.3 is 19.5 Å². The fraction of sp³-hybridized carbons (Fsp3) is 0.192. The first-order valence-electron chi connectivity index (χ1n) is 10.7. The molecule has 2 heterocycles. The molecule has 4 aromatic rings. The maximum absolute atomic E-state index is 12.9. The van der Waals surface area contributed by atoms with Crippen LogP contribution in [0.4, 0.5) is 0 Å². The number of furan rings is 1. The van der Waals surface area contributed by atoms with Gasteiger partial charge in [-0.3, -0.25) is 9.59 Å². The van der Waals surface area contributed by atoms with Gasteiger partial charge in [-0.15, -0.1) is 0 Å². The third-order valence-electron chi connectivity index (χ3n) is 5.46. The Labute approximate surface area is 190 Å². The monoisotopic (exact) mass is 444 g/mol. The highest BCUT2D eigenvalue weighted by atomic mass is 16.5. The van der Waals surface area contributed by atoms with E-state index in [1.54, 1.807) is 24.4 Å². The van der Waals surface area contributed by atoms with E-state index in [-0.39, 0.29) is 18.0 Å². The van der Waals surface area contributed by atoms with Gasteiger partial charge in [0.25, 0.3) is 5.91 Å². The van der Waals surface area contributed by atoms with Crippen LogP contribution in [0.15, 0.2) is 77.5 Å². The quantitative estimate of drug-likeness (QED) is 0.299. The molecule has 1 amide bonds. The van der Waals surface area contributed by atoms with Crippen molar-refractivity contribution in [3.8, 4) is 0 Å². The molecular formula is C26H24N2O5. The fourth-order valence-electron chi connectivity index (χ4n) is 3.60. The Morgan fingerprint density at radius 1 is 1.03 bits per heavy atom. The van der Waals surface area contributed by atoms with Gasteiger partial charge in [-0.2, -0.15) is 0 Å². The van der Waals surface area contributed by atoms with E-state index in [4.69, 9.17) is 9.15 Å². The maximum atomic E-state index is 12.9. The number of ketones is 1. The first-order valence-corrected chi connectivity index (χ1v) is 10.7. The molecule has 168 valence electrons. The van der Waals surface area contributed by atoms with Gasteiger partial charge in [0.2, 0.25) is 0 Å². The van der Waals surface area contributed by atoms with Crippen molar-refractivity contribution in [2.45, 2.75) is 25.8 Å². The van der Waals surface area contributed by atoms with Crippen molar-refractivity contribution in [3.05, 3.63) is 95.6 Å². The number of aromatic amines is 1. The summed E-state index contributed by atoms with van der Waals surface area (Å²) in [5, 5.41) is 3.61. The van der Waals surface area contributed by atoms with Crippen LogP contribution >= 0.6 is 0 Å². The van der Waals surface area contributed by atoms with E-state index in [2.05, 4.69) is 10.3 Å². The van der Waals surface area contributed by atoms with Crippen molar-refractivity contribution < 1.29 is 23.5 Å². The van der Waals surface area contributed by atoms with E-state index in [1.165, 1.54) is 12.3 Å². The molecule has 7 heteroatoms. The first-order chi connectivity index (χ1) is 16.0. The lowest BCUT2D eigenvalue weighted by atomic mass is 10.0. The number of hydrogen-bond donors (Lipinski definition) is 2. The Hall–Kier alpha value is -4.13. The molecule has 2 aromatic heterocycles. The molecule has 33 heavy (non-hydrogen) atoms. The van der Waals surface area contributed by atoms with Crippen LogP contribution in [0.1, 0.15) is 39.0 Å². The number of ether oxygens (including phenoxy) is 1. The van der Waals surface area contributed by atoms with E-state index in [0.717, 1.165) is 28.5 Å². The van der Waals surface area contributed by atoms with Crippen molar-refractivity contribution in [2.24, 2.45) is 0 Å². The summed E-state index contributed by atoms with van der Waals surface area (Å²) in [5.74, 6) is -1.46. The highest BCUT2D eigenvalue weighted by molar-refractivity contribution is 5.99. The van der Waals surface area contributed by atoms with Crippen LogP contribution in [0.5, 0.6) is 0 Å². The normalized spacial score (nSPS) is 11.8. The van der Waals surface area contributed by atoms with Gasteiger partial charge in [0, 0.05) is 29.1 Å². The molecule has 0 unspecified atom stereocenters. The van der Waals surface area contributed by atoms with Crippen LogP contribution in [0.3, 0.4) is 0 Å². The minimum atomic E-state index is -1.00. The smallest absolute Gasteiger partial charge is 0.329 e. The zero-order chi connectivity index (χ0) is 23.2. The van der Waals surface area contributed by atoms with Crippen LogP contribution in [0, 0.1) is 0 Å². The van der Waals surface area contributed by atoms with Crippen LogP contribution in [-0.4, -0.2) is 35.3 Å². The molecule has 0 aliphatic rings. The van der Waals surface area contributed by atoms with Crippen molar-refractivity contribution in [1.82, 2.24) is 10.3 Å². The maximum Gasteiger partial charge on any atom is 0.329 e. The molecule has 0 saturated heterocycles. The molecule has 0 fully saturated rings. The van der Waals surface area contributed by atoms with Gasteiger partial charge in [-0.05, 0) is 35.7 Å². The average molecular weight is 444 g/mol. The number of carbonyl (C=O) groups is 3. The lowest BCUT2D eigenvalue weighted by Gasteiger charge is -2.17. The van der Waals surface area contributed by atoms with Crippen molar-refractivity contribution in [3.63, 3.8) is 0 Å². The van der Waals surface area contributed by atoms with Gasteiger partial charge in [0.1, 0.15) is 6.04 Å². The van der Waals surface area contributed by atoms with Crippen LogP contribution in [0.25, 0.3) is 10.9 Å². The summed E-state index contributed by atoms with van der Waals surface area (Å²) < 4.78 is 10.4. The van der Waals surface area contributed by atoms with Gasteiger partial charge in [-0.25, -0.2) is 4.79 Å². The largest absolute Gasteiger partial charge is 0.459 e. The summed E-state index contributed by atoms with van der Waals surface area (Å²) in [5.41, 5.74) is 3.34. The Kier molecular flexibility index (Phi) is 6.69. The number of aromatic nitrogens is 1. The fourth-order valence-corrected chi connectivity index (χ4v) is 3.60. The Balaban J connectivity index is 1.48. The highest BCUT2D eigenvalue weighted by Crippen LogP contribution is 2.20. The second-order valence-corrected chi connectivity index (χ2v) is 7.65. The minimum Gasteiger partial charge on any atom is -0.459 e. The average Bonchev–Trinajstić information content (AvgIpc) is 3.53. The molecule has 0 aliphatic heterocycles. The van der Waals surface area contributed by atoms with Crippen molar-refractivity contribution in [1.29, 1.82) is 0 Å². The number of nitrogens with one attached hydrogen (secondary N) is 2. The number of Topliss-reactive ketones (excluding diaryl/α,β-unsaturated/α-hetero) is 1. The van der Waals surface area contributed by atoms with Gasteiger partial charge in [0.05, 0.1) is 6.26 Å². The lowest BCUT2D eigenvalue weighted by molar-refractivity contribution is -0.144. The summed E-state index contributed by atoms with van der Waals surface area (Å²) in [6.07, 6.45) is 4.23. The number of aryl methyl sites for hydroxylation is 1. The third kappa shape index (κ3) is 5.20. The molecular weight excluding hydrogens is 420 g/mol. The molecule has 0 radical (unpaired) electrons. The molecule has 4 rings (SSSR count). The van der Waals surface area contributed by atoms with Gasteiger partial charge >= 0.3 is 5.97 Å². The van der Waals surface area contributed by atoms with E-state index in [0.29, 0.717) is 5.56 Å². The highest BCUT2D eigenvalue weighted by Gasteiger charge is 2.26. The van der Waals surface area contributed by atoms with E-state index >= 15 is 0 Å². The molecule has 2 aromatic carbocycles. The SMILES string of the molecule is CCc1ccc(C(=O)COC(=O)[C@H](Cc2c[nH]c3ccccc23)NC(=O)c2ccco2)cc1. The van der Waals surface area contributed by atoms with Gasteiger partial charge in [0.15, 0.2) is 18.2 Å². The number of amides is 1. The Bertz CT molecular complexity index is 1260. The van der Waals surface area contributed by atoms with E-state index in [1.807, 2.05) is 43.3 Å². The number of benzene rings is 2. The number of carbonyl (C=O) groups excluding carboxylic acids is 3. The number of esters is 1. The Morgan fingerprint density at radius 3 is 2.55 bits per heavy atom. The van der Waals surface area contributed by atoms with Crippen molar-refractivity contribution >= 4 is 28.6 Å². The number of fused-ring (bicyclic) bond motifs is 1. The van der Waals surface area contributed by atoms with Crippen molar-refractivity contribution in [2.75, 3.05) is 6.61 Å². The summed E-state index contributed by atoms with van der Waals surface area (Å²) in [6.45, 7) is 1.62. The summed E-state index contributed by atoms with van der Waals surface area (Å²) in [7, 11) is 0. The zero-order valence-electron chi connectivity index (χ0n) is 18.2. The second kappa shape index (κ2) is 9.99. The number of hydrogen-bond acceptors (Lipinski definition) is 5. The molecule has 0 bridgehead atoms. The molecule has 0 spiro atoms. The predicted molar refractivity (Wildman–Crippen MR) is 123 cm³/mol. The van der Waals surface area contributed by atoms with Gasteiger partial charge in [-0.1, -0.05) is 49.4 Å².